The molecule has 1 unspecified atom stereocenters. The van der Waals surface area contributed by atoms with Crippen molar-refractivity contribution in [3.63, 3.8) is 0 Å². The summed E-state index contributed by atoms with van der Waals surface area (Å²) in [6.07, 6.45) is 4.03. The maximum absolute atomic E-state index is 13.7. The third-order valence-electron chi connectivity index (χ3n) is 11.4. The lowest BCUT2D eigenvalue weighted by atomic mass is 10.0. The fraction of sp³-hybridized carbons (Fsp3) is 0.400. The first-order valence-corrected chi connectivity index (χ1v) is 20.0. The molecular weight excluding hydrogens is 769 g/mol. The van der Waals surface area contributed by atoms with Crippen molar-refractivity contribution in [2.24, 2.45) is 23.3 Å². The van der Waals surface area contributed by atoms with Crippen LogP contribution in [0.3, 0.4) is 0 Å². The zero-order chi connectivity index (χ0) is 42.4. The Morgan fingerprint density at radius 1 is 0.900 bits per heavy atom. The Hall–Kier alpha value is -6.64. The van der Waals surface area contributed by atoms with Crippen LogP contribution in [0.4, 0.5) is 17.6 Å². The fourth-order valence-corrected chi connectivity index (χ4v) is 8.46. The van der Waals surface area contributed by atoms with Crippen molar-refractivity contribution in [2.45, 2.75) is 66.6 Å². The number of aliphatic hydroxyl groups excluding tert-OH is 1. The molecule has 7 heterocycles. The van der Waals surface area contributed by atoms with Gasteiger partial charge in [0.15, 0.2) is 11.9 Å². The molecule has 1 aromatic carbocycles. The number of nitrogens with one attached hydrogen (secondary N) is 3. The zero-order valence-corrected chi connectivity index (χ0v) is 34.0. The van der Waals surface area contributed by atoms with Gasteiger partial charge in [-0.1, -0.05) is 12.2 Å². The number of hydrogen-bond acceptors (Lipinski definition) is 13. The molecular formula is C40H50N16O4. The van der Waals surface area contributed by atoms with Crippen LogP contribution >= 0.6 is 0 Å². The van der Waals surface area contributed by atoms with Crippen LogP contribution in [0.1, 0.15) is 73.9 Å². The molecule has 20 heteroatoms. The number of nitrogen functional groups attached to an aromatic ring is 1. The maximum atomic E-state index is 13.7. The molecule has 2 saturated heterocycles. The summed E-state index contributed by atoms with van der Waals surface area (Å²) in [5.74, 6) is -0.0658. The molecule has 0 spiro atoms. The molecule has 20 nitrogen and oxygen atoms in total. The van der Waals surface area contributed by atoms with Crippen molar-refractivity contribution < 1.29 is 19.5 Å². The third-order valence-corrected chi connectivity index (χ3v) is 11.4. The maximum Gasteiger partial charge on any atom is 0.278 e. The van der Waals surface area contributed by atoms with E-state index in [0.717, 1.165) is 43.0 Å². The SMILES string of the molecule is CCn1nc(C)cc1C(O)Nc1nc2cc(C(N)=O)cc(CN3C[C@H]4CNC[C@H]4C3)c2n1C/C=C/Cn1c(NC(=O)c2c(N)c(C)nn2CC)nc2cc(C(N)=O)cnc21. The van der Waals surface area contributed by atoms with E-state index in [1.165, 1.54) is 16.9 Å². The van der Waals surface area contributed by atoms with Gasteiger partial charge in [-0.25, -0.2) is 15.0 Å². The van der Waals surface area contributed by atoms with E-state index in [9.17, 15) is 19.5 Å². The molecule has 2 aliphatic rings. The number of pyridine rings is 1. The number of amides is 3. The number of anilines is 3. The number of carbonyl (C=O) groups excluding carboxylic acids is 3. The molecule has 6 aromatic rings. The molecule has 2 fully saturated rings. The van der Waals surface area contributed by atoms with Gasteiger partial charge in [0, 0.05) is 57.6 Å². The van der Waals surface area contributed by atoms with Crippen molar-refractivity contribution in [1.82, 2.24) is 53.9 Å². The summed E-state index contributed by atoms with van der Waals surface area (Å²) in [5, 5.41) is 30.0. The van der Waals surface area contributed by atoms with Crippen molar-refractivity contribution in [3.05, 3.63) is 82.1 Å². The summed E-state index contributed by atoms with van der Waals surface area (Å²) in [5.41, 5.74) is 23.5. The van der Waals surface area contributed by atoms with Crippen molar-refractivity contribution in [1.29, 1.82) is 0 Å². The number of benzene rings is 1. The molecule has 8 rings (SSSR count). The number of nitrogens with two attached hydrogens (primary N) is 3. The van der Waals surface area contributed by atoms with Crippen LogP contribution in [0.15, 0.2) is 42.6 Å². The normalized spacial score (nSPS) is 17.3. The fourth-order valence-electron chi connectivity index (χ4n) is 8.46. The van der Waals surface area contributed by atoms with E-state index in [1.807, 2.05) is 49.6 Å². The minimum Gasteiger partial charge on any atom is -0.395 e. The van der Waals surface area contributed by atoms with Gasteiger partial charge < -0.3 is 37.5 Å². The number of aryl methyl sites for hydroxylation is 4. The highest BCUT2D eigenvalue weighted by Gasteiger charge is 2.36. The number of likely N-dealkylation sites (tertiary alicyclic amines) is 1. The van der Waals surface area contributed by atoms with E-state index in [0.29, 0.717) is 71.1 Å². The molecule has 0 saturated carbocycles. The third kappa shape index (κ3) is 7.55. The van der Waals surface area contributed by atoms with Crippen LogP contribution in [0.2, 0.25) is 0 Å². The number of hydrogen-bond donors (Lipinski definition) is 7. The lowest BCUT2D eigenvalue weighted by molar-refractivity contribution is 0.0991. The van der Waals surface area contributed by atoms with Crippen molar-refractivity contribution in [3.8, 4) is 0 Å². The average molecular weight is 819 g/mol. The van der Waals surface area contributed by atoms with Crippen LogP contribution in [0.5, 0.6) is 0 Å². The Kier molecular flexibility index (Phi) is 10.8. The summed E-state index contributed by atoms with van der Waals surface area (Å²) < 4.78 is 6.93. The van der Waals surface area contributed by atoms with Crippen LogP contribution in [-0.4, -0.2) is 97.6 Å². The number of primary amides is 2. The van der Waals surface area contributed by atoms with Gasteiger partial charge in [0.05, 0.1) is 39.4 Å². The number of imidazole rings is 2. The smallest absolute Gasteiger partial charge is 0.278 e. The van der Waals surface area contributed by atoms with Gasteiger partial charge in [0.1, 0.15) is 11.2 Å². The minimum absolute atomic E-state index is 0.167. The van der Waals surface area contributed by atoms with E-state index >= 15 is 0 Å². The first-order valence-electron chi connectivity index (χ1n) is 20.0. The largest absolute Gasteiger partial charge is 0.395 e. The molecule has 5 aromatic heterocycles. The highest BCUT2D eigenvalue weighted by atomic mass is 16.3. The van der Waals surface area contributed by atoms with Gasteiger partial charge >= 0.3 is 0 Å². The molecule has 314 valence electrons. The van der Waals surface area contributed by atoms with Gasteiger partial charge in [0.25, 0.3) is 5.91 Å². The zero-order valence-electron chi connectivity index (χ0n) is 34.0. The molecule has 2 aliphatic heterocycles. The summed E-state index contributed by atoms with van der Waals surface area (Å²) in [6, 6.07) is 6.86. The van der Waals surface area contributed by atoms with E-state index in [-0.39, 0.29) is 36.0 Å². The highest BCUT2D eigenvalue weighted by Crippen LogP contribution is 2.32. The van der Waals surface area contributed by atoms with E-state index in [1.54, 1.807) is 22.2 Å². The van der Waals surface area contributed by atoms with Gasteiger partial charge in [-0.15, -0.1) is 0 Å². The lowest BCUT2D eigenvalue weighted by Crippen LogP contribution is -2.26. The second-order valence-corrected chi connectivity index (χ2v) is 15.4. The number of aromatic nitrogens is 9. The summed E-state index contributed by atoms with van der Waals surface area (Å²) >= 11 is 0. The average Bonchev–Trinajstić information content (AvgIpc) is 4.06. The molecule has 60 heavy (non-hydrogen) atoms. The molecule has 10 N–H and O–H groups in total. The van der Waals surface area contributed by atoms with Crippen LogP contribution in [0, 0.1) is 25.7 Å². The predicted molar refractivity (Wildman–Crippen MR) is 225 cm³/mol. The number of carbonyl (C=O) groups is 3. The molecule has 0 radical (unpaired) electrons. The van der Waals surface area contributed by atoms with Gasteiger partial charge in [-0.05, 0) is 82.4 Å². The van der Waals surface area contributed by atoms with Crippen LogP contribution < -0.4 is 33.2 Å². The monoisotopic (exact) mass is 818 g/mol. The Morgan fingerprint density at radius 3 is 2.25 bits per heavy atom. The molecule has 0 bridgehead atoms. The number of rotatable bonds is 15. The molecule has 3 atom stereocenters. The first kappa shape index (κ1) is 40.2. The quantitative estimate of drug-likeness (QED) is 0.0577. The Morgan fingerprint density at radius 2 is 1.57 bits per heavy atom. The highest BCUT2D eigenvalue weighted by molar-refractivity contribution is 6.06. The summed E-state index contributed by atoms with van der Waals surface area (Å²) in [6.45, 7) is 13.3. The van der Waals surface area contributed by atoms with Gasteiger partial charge in [-0.3, -0.25) is 38.5 Å². The number of nitrogens with zero attached hydrogens (tertiary/aromatic N) is 10. The van der Waals surface area contributed by atoms with Gasteiger partial charge in [0.2, 0.25) is 23.7 Å². The standard InChI is InChI=1S/C40H50N16O4/c1-5-55-30(11-21(3)50-55)37(59)48-39-46-28-13-23(34(42)57)12-25(18-52-19-26-15-44-16-27(26)20-52)32(28)53(39)9-7-8-10-54-36-29(14-24(17-45-36)35(43)58)47-40(54)49-38(60)33-31(41)22(4)51-56(33)6-2/h7-8,11-14,17,26-27,37,44,59H,5-6,9-10,15-16,18-20,41H2,1-4H3,(H2,42,57)(H2,43,58)(H,46,48)(H,47,49,60)/b8-7+/t26-,27+,37?. The van der Waals surface area contributed by atoms with E-state index < -0.39 is 23.9 Å². The molecule has 0 aliphatic carbocycles. The topological polar surface area (TPSA) is 273 Å². The number of fused-ring (bicyclic) bond motifs is 3. The Bertz CT molecular complexity index is 2660. The predicted octanol–water partition coefficient (Wildman–Crippen LogP) is 1.87. The summed E-state index contributed by atoms with van der Waals surface area (Å²) in [7, 11) is 0. The van der Waals surface area contributed by atoms with E-state index in [4.69, 9.17) is 22.2 Å². The lowest BCUT2D eigenvalue weighted by Gasteiger charge is -2.20. The number of aliphatic hydroxyl groups is 1. The van der Waals surface area contributed by atoms with Crippen LogP contribution in [0.25, 0.3) is 22.2 Å². The molecule has 3 amide bonds. The van der Waals surface area contributed by atoms with Crippen LogP contribution in [-0.2, 0) is 32.7 Å². The van der Waals surface area contributed by atoms with Crippen molar-refractivity contribution >= 4 is 57.5 Å². The summed E-state index contributed by atoms with van der Waals surface area (Å²) in [4.78, 5) is 54.8. The Balaban J connectivity index is 1.16. The second kappa shape index (κ2) is 16.2. The Labute approximate surface area is 344 Å². The second-order valence-electron chi connectivity index (χ2n) is 15.4. The minimum atomic E-state index is -1.16. The van der Waals surface area contributed by atoms with Crippen molar-refractivity contribution in [2.75, 3.05) is 42.5 Å². The number of allylic oxidation sites excluding steroid dienone is 2. The van der Waals surface area contributed by atoms with Gasteiger partial charge in [-0.2, -0.15) is 10.2 Å². The first-order chi connectivity index (χ1) is 28.8. The van der Waals surface area contributed by atoms with E-state index in [2.05, 4.69) is 41.0 Å².